The van der Waals surface area contributed by atoms with Crippen LogP contribution < -0.4 is 5.32 Å². The molecule has 0 radical (unpaired) electrons. The molecule has 0 unspecified atom stereocenters. The molecule has 0 aromatic heterocycles. The Kier molecular flexibility index (Phi) is 4.44. The van der Waals surface area contributed by atoms with Gasteiger partial charge in [-0.2, -0.15) is 0 Å². The molecule has 120 valence electrons. The van der Waals surface area contributed by atoms with Crippen LogP contribution in [-0.2, 0) is 0 Å². The molecule has 0 spiro atoms. The Bertz CT molecular complexity index is 773. The van der Waals surface area contributed by atoms with Gasteiger partial charge in [0.1, 0.15) is 5.56 Å². The van der Waals surface area contributed by atoms with Crippen LogP contribution in [0.3, 0.4) is 0 Å². The summed E-state index contributed by atoms with van der Waals surface area (Å²) in [6, 6.07) is 5.16. The maximum Gasteiger partial charge on any atom is 0.261 e. The monoisotopic (exact) mass is 329 g/mol. The molecule has 2 aromatic rings. The number of halogens is 5. The van der Waals surface area contributed by atoms with Crippen molar-refractivity contribution in [2.24, 2.45) is 0 Å². The van der Waals surface area contributed by atoms with Crippen molar-refractivity contribution in [3.63, 3.8) is 0 Å². The first-order valence-corrected chi connectivity index (χ1v) is 6.17. The lowest BCUT2D eigenvalue weighted by Gasteiger charge is -2.09. The lowest BCUT2D eigenvalue weighted by Crippen LogP contribution is -2.19. The topological polar surface area (TPSA) is 46.2 Å². The molecule has 0 heterocycles. The number of benzene rings is 2. The normalized spacial score (nSPS) is 10.5. The van der Waals surface area contributed by atoms with Crippen LogP contribution in [0.1, 0.15) is 27.6 Å². The first-order chi connectivity index (χ1) is 10.7. The first-order valence-electron chi connectivity index (χ1n) is 6.17. The van der Waals surface area contributed by atoms with E-state index in [0.29, 0.717) is 5.56 Å². The Morgan fingerprint density at radius 1 is 0.783 bits per heavy atom. The molecule has 23 heavy (non-hydrogen) atoms. The number of nitrogens with one attached hydrogen (secondary N) is 1. The summed E-state index contributed by atoms with van der Waals surface area (Å²) < 4.78 is 66.0. The van der Waals surface area contributed by atoms with Gasteiger partial charge in [0, 0.05) is 11.3 Å². The molecule has 0 bridgehead atoms. The van der Waals surface area contributed by atoms with E-state index in [1.54, 1.807) is 0 Å². The predicted octanol–water partition coefficient (Wildman–Crippen LogP) is 3.84. The smallest absolute Gasteiger partial charge is 0.261 e. The predicted molar refractivity (Wildman–Crippen MR) is 70.6 cm³/mol. The standard InChI is InChI=1S/C15H8F5NO2/c1-6(22)7-2-4-8(5-3-7)21-15(23)9-10(16)12(18)14(20)13(19)11(9)17/h2-5H,1H3,(H,21,23). The number of anilines is 1. The van der Waals surface area contributed by atoms with Crippen molar-refractivity contribution in [1.82, 2.24) is 0 Å². The lowest BCUT2D eigenvalue weighted by atomic mass is 10.1. The Morgan fingerprint density at radius 3 is 1.65 bits per heavy atom. The van der Waals surface area contributed by atoms with Gasteiger partial charge in [-0.15, -0.1) is 0 Å². The summed E-state index contributed by atoms with van der Waals surface area (Å²) >= 11 is 0. The molecule has 2 aromatic carbocycles. The van der Waals surface area contributed by atoms with Crippen molar-refractivity contribution < 1.29 is 31.5 Å². The van der Waals surface area contributed by atoms with E-state index in [2.05, 4.69) is 0 Å². The minimum absolute atomic E-state index is 0.0175. The number of rotatable bonds is 3. The van der Waals surface area contributed by atoms with Crippen molar-refractivity contribution in [2.45, 2.75) is 6.92 Å². The molecular formula is C15H8F5NO2. The highest BCUT2D eigenvalue weighted by molar-refractivity contribution is 6.05. The third-order valence-electron chi connectivity index (χ3n) is 2.99. The van der Waals surface area contributed by atoms with Crippen molar-refractivity contribution in [2.75, 3.05) is 5.32 Å². The van der Waals surface area contributed by atoms with Crippen molar-refractivity contribution in [1.29, 1.82) is 0 Å². The van der Waals surface area contributed by atoms with E-state index in [4.69, 9.17) is 0 Å². The highest BCUT2D eigenvalue weighted by Gasteiger charge is 2.29. The molecule has 0 atom stereocenters. The van der Waals surface area contributed by atoms with E-state index < -0.39 is 40.6 Å². The van der Waals surface area contributed by atoms with Gasteiger partial charge in [0.25, 0.3) is 5.91 Å². The molecule has 1 N–H and O–H groups in total. The fourth-order valence-corrected chi connectivity index (χ4v) is 1.79. The molecule has 8 heteroatoms. The van der Waals surface area contributed by atoms with Gasteiger partial charge in [-0.25, -0.2) is 22.0 Å². The Labute approximate surface area is 126 Å². The van der Waals surface area contributed by atoms with Crippen LogP contribution in [0.15, 0.2) is 24.3 Å². The van der Waals surface area contributed by atoms with E-state index in [-0.39, 0.29) is 11.5 Å². The zero-order chi connectivity index (χ0) is 17.3. The molecule has 2 rings (SSSR count). The van der Waals surface area contributed by atoms with Gasteiger partial charge in [-0.05, 0) is 31.2 Å². The zero-order valence-electron chi connectivity index (χ0n) is 11.5. The van der Waals surface area contributed by atoms with E-state index in [1.165, 1.54) is 31.2 Å². The van der Waals surface area contributed by atoms with Crippen LogP contribution in [0.2, 0.25) is 0 Å². The van der Waals surface area contributed by atoms with Crippen LogP contribution in [-0.4, -0.2) is 11.7 Å². The number of Topliss-reactive ketones (excluding diaryl/α,β-unsaturated/α-hetero) is 1. The van der Waals surface area contributed by atoms with Gasteiger partial charge in [0.05, 0.1) is 0 Å². The molecular weight excluding hydrogens is 321 g/mol. The van der Waals surface area contributed by atoms with E-state index in [9.17, 15) is 31.5 Å². The van der Waals surface area contributed by atoms with E-state index in [1.807, 2.05) is 5.32 Å². The molecule has 0 saturated heterocycles. The Morgan fingerprint density at radius 2 is 1.22 bits per heavy atom. The molecule has 0 aliphatic rings. The summed E-state index contributed by atoms with van der Waals surface area (Å²) in [4.78, 5) is 22.9. The summed E-state index contributed by atoms with van der Waals surface area (Å²) in [7, 11) is 0. The average Bonchev–Trinajstić information content (AvgIpc) is 2.51. The maximum atomic E-state index is 13.5. The van der Waals surface area contributed by atoms with Gasteiger partial charge < -0.3 is 5.32 Å². The van der Waals surface area contributed by atoms with Crippen LogP contribution >= 0.6 is 0 Å². The minimum atomic E-state index is -2.35. The maximum absolute atomic E-state index is 13.5. The first kappa shape index (κ1) is 16.6. The van der Waals surface area contributed by atoms with Crippen LogP contribution in [0, 0.1) is 29.1 Å². The summed E-state index contributed by atoms with van der Waals surface area (Å²) in [6.45, 7) is 1.31. The van der Waals surface area contributed by atoms with Crippen molar-refractivity contribution >= 4 is 17.4 Å². The van der Waals surface area contributed by atoms with Crippen molar-refractivity contribution in [3.8, 4) is 0 Å². The summed E-state index contributed by atoms with van der Waals surface area (Å²) in [6.07, 6.45) is 0. The highest BCUT2D eigenvalue weighted by Crippen LogP contribution is 2.24. The number of amides is 1. The third kappa shape index (κ3) is 3.05. The van der Waals surface area contributed by atoms with Gasteiger partial charge in [-0.3, -0.25) is 9.59 Å². The van der Waals surface area contributed by atoms with Crippen LogP contribution in [0.5, 0.6) is 0 Å². The summed E-state index contributed by atoms with van der Waals surface area (Å²) in [5, 5.41) is 1.99. The average molecular weight is 329 g/mol. The van der Waals surface area contributed by atoms with Gasteiger partial charge >= 0.3 is 0 Å². The summed E-state index contributed by atoms with van der Waals surface area (Å²) in [5.41, 5.74) is -1.25. The van der Waals surface area contributed by atoms with Crippen LogP contribution in [0.25, 0.3) is 0 Å². The number of hydrogen-bond donors (Lipinski definition) is 1. The second kappa shape index (κ2) is 6.15. The fraction of sp³-hybridized carbons (Fsp3) is 0.0667. The zero-order valence-corrected chi connectivity index (χ0v) is 11.5. The lowest BCUT2D eigenvalue weighted by molar-refractivity contribution is 0.100. The minimum Gasteiger partial charge on any atom is -0.322 e. The molecule has 0 fully saturated rings. The second-order valence-corrected chi connectivity index (χ2v) is 4.53. The number of ketones is 1. The molecule has 3 nitrogen and oxygen atoms in total. The molecule has 0 aliphatic heterocycles. The highest BCUT2D eigenvalue weighted by atomic mass is 19.2. The van der Waals surface area contributed by atoms with Crippen molar-refractivity contribution in [3.05, 3.63) is 64.5 Å². The Balaban J connectivity index is 2.36. The largest absolute Gasteiger partial charge is 0.322 e. The third-order valence-corrected chi connectivity index (χ3v) is 2.99. The van der Waals surface area contributed by atoms with E-state index >= 15 is 0 Å². The van der Waals surface area contributed by atoms with Crippen LogP contribution in [0.4, 0.5) is 27.6 Å². The molecule has 0 saturated carbocycles. The fourth-order valence-electron chi connectivity index (χ4n) is 1.79. The number of carbonyl (C=O) groups excluding carboxylic acids is 2. The van der Waals surface area contributed by atoms with Gasteiger partial charge in [-0.1, -0.05) is 0 Å². The quantitative estimate of drug-likeness (QED) is 0.402. The van der Waals surface area contributed by atoms with E-state index in [0.717, 1.165) is 0 Å². The van der Waals surface area contributed by atoms with Gasteiger partial charge in [0.2, 0.25) is 5.82 Å². The molecule has 1 amide bonds. The molecule has 0 aliphatic carbocycles. The second-order valence-electron chi connectivity index (χ2n) is 4.53. The number of hydrogen-bond acceptors (Lipinski definition) is 2. The number of carbonyl (C=O) groups is 2. The summed E-state index contributed by atoms with van der Waals surface area (Å²) in [5.74, 6) is -13.0. The SMILES string of the molecule is CC(=O)c1ccc(NC(=O)c2c(F)c(F)c(F)c(F)c2F)cc1. The Hall–Kier alpha value is -2.77. The van der Waals surface area contributed by atoms with Gasteiger partial charge in [0.15, 0.2) is 29.1 Å².